The Morgan fingerprint density at radius 3 is 2.63 bits per heavy atom. The number of hydrogen-bond donors (Lipinski definition) is 1. The van der Waals surface area contributed by atoms with Gasteiger partial charge in [-0.3, -0.25) is 9.89 Å². The largest absolute Gasteiger partial charge is 0.382 e. The molecule has 2 heterocycles. The number of guanidine groups is 1. The number of aliphatic imine (C=N–C) groups is 1. The molecule has 1 aliphatic carbocycles. The van der Waals surface area contributed by atoms with Gasteiger partial charge in [0.1, 0.15) is 5.76 Å². The molecule has 2 fully saturated rings. The molecule has 1 aromatic heterocycles. The average molecular weight is 491 g/mol. The first-order valence-corrected chi connectivity index (χ1v) is 9.82. The Morgan fingerprint density at radius 2 is 2.07 bits per heavy atom. The van der Waals surface area contributed by atoms with E-state index < -0.39 is 0 Å². The van der Waals surface area contributed by atoms with E-state index in [0.29, 0.717) is 5.41 Å². The van der Waals surface area contributed by atoms with Crippen LogP contribution in [0.4, 0.5) is 0 Å². The lowest BCUT2D eigenvalue weighted by Gasteiger charge is -2.36. The molecule has 0 unspecified atom stereocenters. The van der Waals surface area contributed by atoms with E-state index in [2.05, 4.69) is 32.2 Å². The van der Waals surface area contributed by atoms with Crippen molar-refractivity contribution in [1.29, 1.82) is 0 Å². The van der Waals surface area contributed by atoms with Crippen LogP contribution in [-0.4, -0.2) is 73.9 Å². The zero-order valence-corrected chi connectivity index (χ0v) is 19.2. The maximum atomic E-state index is 5.54. The van der Waals surface area contributed by atoms with Crippen molar-refractivity contribution in [2.45, 2.75) is 39.7 Å². The SMILES string of the molecule is CCOCCC1(CNC(=NC)N2CCN(Cc3cc(C)on3)CC2)CC1.I. The van der Waals surface area contributed by atoms with Crippen molar-refractivity contribution in [3.05, 3.63) is 17.5 Å². The van der Waals surface area contributed by atoms with Crippen LogP contribution in [0, 0.1) is 12.3 Å². The summed E-state index contributed by atoms with van der Waals surface area (Å²) in [5.41, 5.74) is 1.45. The van der Waals surface area contributed by atoms with Gasteiger partial charge in [0.05, 0.1) is 5.69 Å². The normalized spacial score (nSPS) is 19.7. The molecule has 0 amide bonds. The van der Waals surface area contributed by atoms with Crippen molar-refractivity contribution in [3.8, 4) is 0 Å². The van der Waals surface area contributed by atoms with Gasteiger partial charge in [0.15, 0.2) is 5.96 Å². The standard InChI is InChI=1S/C19H33N5O2.HI/c1-4-25-12-7-19(5-6-19)15-21-18(20-3)24-10-8-23(9-11-24)14-17-13-16(2)26-22-17;/h13H,4-12,14-15H2,1-3H3,(H,20,21);1H. The fraction of sp³-hybridized carbons (Fsp3) is 0.789. The first kappa shape index (κ1) is 22.4. The van der Waals surface area contributed by atoms with Crippen LogP contribution in [0.25, 0.3) is 0 Å². The Balaban J connectivity index is 0.00000261. The second-order valence-electron chi connectivity index (χ2n) is 7.54. The number of ether oxygens (including phenoxy) is 1. The molecule has 0 radical (unpaired) electrons. The van der Waals surface area contributed by atoms with Gasteiger partial charge < -0.3 is 19.5 Å². The van der Waals surface area contributed by atoms with Crippen LogP contribution in [-0.2, 0) is 11.3 Å². The molecule has 7 nitrogen and oxygen atoms in total. The Morgan fingerprint density at radius 1 is 1.33 bits per heavy atom. The maximum Gasteiger partial charge on any atom is 0.193 e. The Bertz CT molecular complexity index is 595. The van der Waals surface area contributed by atoms with E-state index >= 15 is 0 Å². The molecule has 1 saturated carbocycles. The van der Waals surface area contributed by atoms with E-state index in [1.807, 2.05) is 20.0 Å². The van der Waals surface area contributed by atoms with Gasteiger partial charge in [-0.25, -0.2) is 0 Å². The third-order valence-electron chi connectivity index (χ3n) is 5.51. The summed E-state index contributed by atoms with van der Waals surface area (Å²) in [6, 6.07) is 2.02. The summed E-state index contributed by atoms with van der Waals surface area (Å²) >= 11 is 0. The quantitative estimate of drug-likeness (QED) is 0.261. The van der Waals surface area contributed by atoms with Crippen LogP contribution in [0.2, 0.25) is 0 Å². The summed E-state index contributed by atoms with van der Waals surface area (Å²) in [5, 5.41) is 7.71. The lowest BCUT2D eigenvalue weighted by atomic mass is 10.0. The fourth-order valence-corrected chi connectivity index (χ4v) is 3.56. The maximum absolute atomic E-state index is 5.54. The van der Waals surface area contributed by atoms with Gasteiger partial charge >= 0.3 is 0 Å². The Hall–Kier alpha value is -0.870. The van der Waals surface area contributed by atoms with Gasteiger partial charge in [-0.1, -0.05) is 5.16 Å². The van der Waals surface area contributed by atoms with Gasteiger partial charge in [0.25, 0.3) is 0 Å². The zero-order valence-electron chi connectivity index (χ0n) is 16.9. The number of nitrogens with zero attached hydrogens (tertiary/aromatic N) is 4. The number of nitrogens with one attached hydrogen (secondary N) is 1. The van der Waals surface area contributed by atoms with E-state index in [1.165, 1.54) is 12.8 Å². The molecule has 0 bridgehead atoms. The fourth-order valence-electron chi connectivity index (χ4n) is 3.56. The van der Waals surface area contributed by atoms with Crippen LogP contribution < -0.4 is 5.32 Å². The predicted octanol–water partition coefficient (Wildman–Crippen LogP) is 2.50. The van der Waals surface area contributed by atoms with Crippen molar-refractivity contribution in [2.24, 2.45) is 10.4 Å². The van der Waals surface area contributed by atoms with Gasteiger partial charge in [-0.05, 0) is 38.5 Å². The van der Waals surface area contributed by atoms with E-state index in [0.717, 1.165) is 76.3 Å². The third kappa shape index (κ3) is 6.60. The van der Waals surface area contributed by atoms with Gasteiger partial charge in [-0.2, -0.15) is 0 Å². The van der Waals surface area contributed by atoms with Crippen LogP contribution in [0.15, 0.2) is 15.6 Å². The molecule has 0 spiro atoms. The molecular formula is C19H34IN5O2. The number of aryl methyl sites for hydroxylation is 1. The monoisotopic (exact) mass is 491 g/mol. The molecule has 1 saturated heterocycles. The van der Waals surface area contributed by atoms with E-state index in [-0.39, 0.29) is 24.0 Å². The molecule has 3 rings (SSSR count). The highest BCUT2D eigenvalue weighted by molar-refractivity contribution is 14.0. The number of piperazine rings is 1. The highest BCUT2D eigenvalue weighted by Gasteiger charge is 2.42. The number of halogens is 1. The molecule has 0 aromatic carbocycles. The number of rotatable bonds is 8. The summed E-state index contributed by atoms with van der Waals surface area (Å²) in [5.74, 6) is 1.91. The second kappa shape index (κ2) is 10.6. The highest BCUT2D eigenvalue weighted by atomic mass is 127. The summed E-state index contributed by atoms with van der Waals surface area (Å²) in [7, 11) is 1.88. The van der Waals surface area contributed by atoms with E-state index in [1.54, 1.807) is 0 Å². The summed E-state index contributed by atoms with van der Waals surface area (Å²) in [6.07, 6.45) is 3.75. The third-order valence-corrected chi connectivity index (χ3v) is 5.51. The Labute approximate surface area is 179 Å². The summed E-state index contributed by atoms with van der Waals surface area (Å²) in [6.45, 7) is 11.5. The van der Waals surface area contributed by atoms with Crippen molar-refractivity contribution in [3.63, 3.8) is 0 Å². The molecule has 1 N–H and O–H groups in total. The smallest absolute Gasteiger partial charge is 0.193 e. The molecular weight excluding hydrogens is 457 g/mol. The van der Waals surface area contributed by atoms with Gasteiger partial charge in [0.2, 0.25) is 0 Å². The second-order valence-corrected chi connectivity index (χ2v) is 7.54. The average Bonchev–Trinajstić information content (AvgIpc) is 3.30. The molecule has 2 aliphatic rings. The van der Waals surface area contributed by atoms with Crippen molar-refractivity contribution in [2.75, 3.05) is 53.0 Å². The van der Waals surface area contributed by atoms with Gasteiger partial charge in [-0.15, -0.1) is 24.0 Å². The van der Waals surface area contributed by atoms with Crippen LogP contribution in [0.1, 0.15) is 37.6 Å². The number of hydrogen-bond acceptors (Lipinski definition) is 5. The van der Waals surface area contributed by atoms with Crippen molar-refractivity contribution >= 4 is 29.9 Å². The lowest BCUT2D eigenvalue weighted by Crippen LogP contribution is -2.52. The summed E-state index contributed by atoms with van der Waals surface area (Å²) in [4.78, 5) is 9.29. The lowest BCUT2D eigenvalue weighted by molar-refractivity contribution is 0.128. The zero-order chi connectivity index (χ0) is 18.4. The van der Waals surface area contributed by atoms with Gasteiger partial charge in [0, 0.05) is 65.6 Å². The predicted molar refractivity (Wildman–Crippen MR) is 118 cm³/mol. The molecule has 1 aliphatic heterocycles. The van der Waals surface area contributed by atoms with Crippen LogP contribution in [0.3, 0.4) is 0 Å². The molecule has 1 aromatic rings. The Kier molecular flexibility index (Phi) is 8.81. The molecule has 0 atom stereocenters. The topological polar surface area (TPSA) is 66.1 Å². The molecule has 8 heteroatoms. The highest BCUT2D eigenvalue weighted by Crippen LogP contribution is 2.48. The minimum absolute atomic E-state index is 0. The molecule has 154 valence electrons. The molecule has 27 heavy (non-hydrogen) atoms. The first-order valence-electron chi connectivity index (χ1n) is 9.82. The minimum Gasteiger partial charge on any atom is -0.382 e. The van der Waals surface area contributed by atoms with E-state index in [9.17, 15) is 0 Å². The summed E-state index contributed by atoms with van der Waals surface area (Å²) < 4.78 is 10.7. The van der Waals surface area contributed by atoms with Crippen LogP contribution in [0.5, 0.6) is 0 Å². The van der Waals surface area contributed by atoms with Crippen molar-refractivity contribution < 1.29 is 9.26 Å². The van der Waals surface area contributed by atoms with E-state index in [4.69, 9.17) is 9.26 Å². The van der Waals surface area contributed by atoms with Crippen LogP contribution >= 0.6 is 24.0 Å². The number of aromatic nitrogens is 1. The van der Waals surface area contributed by atoms with Crippen molar-refractivity contribution in [1.82, 2.24) is 20.3 Å². The first-order chi connectivity index (χ1) is 12.6. The minimum atomic E-state index is 0.